The van der Waals surface area contributed by atoms with Crippen LogP contribution in [0.25, 0.3) is 10.9 Å². The van der Waals surface area contributed by atoms with Gasteiger partial charge in [0.05, 0.1) is 11.2 Å². The van der Waals surface area contributed by atoms with Crippen LogP contribution in [0.4, 0.5) is 10.1 Å². The molecule has 0 bridgehead atoms. The number of nitrogens with zero attached hydrogens (tertiary/aromatic N) is 2. The maximum absolute atomic E-state index is 15.1. The van der Waals surface area contributed by atoms with Crippen molar-refractivity contribution in [3.8, 4) is 0 Å². The second-order valence-electron chi connectivity index (χ2n) is 7.54. The van der Waals surface area contributed by atoms with E-state index >= 15 is 4.39 Å². The number of carbonyl (C=O) groups excluding carboxylic acids is 1. The normalized spacial score (nSPS) is 22.8. The molecule has 1 saturated carbocycles. The van der Waals surface area contributed by atoms with E-state index < -0.39 is 23.4 Å². The highest BCUT2D eigenvalue weighted by atomic mass is 19.1. The van der Waals surface area contributed by atoms with Gasteiger partial charge in [-0.25, -0.2) is 9.18 Å². The summed E-state index contributed by atoms with van der Waals surface area (Å²) in [5.41, 5.74) is -0.278. The Labute approximate surface area is 153 Å². The summed E-state index contributed by atoms with van der Waals surface area (Å²) in [4.78, 5) is 38.5. The maximum Gasteiger partial charge on any atom is 0.329 e. The molecule has 1 aromatic carbocycles. The summed E-state index contributed by atoms with van der Waals surface area (Å²) in [5.74, 6) is -1.68. The molecule has 1 aromatic heterocycles. The van der Waals surface area contributed by atoms with Gasteiger partial charge in [-0.15, -0.1) is 0 Å². The van der Waals surface area contributed by atoms with Crippen LogP contribution in [0.15, 0.2) is 23.1 Å². The number of carboxylic acid groups (broad SMARTS) is 1. The molecule has 2 aliphatic heterocycles. The first-order chi connectivity index (χ1) is 12.9. The summed E-state index contributed by atoms with van der Waals surface area (Å²) in [7, 11) is 0. The molecule has 5 rings (SSSR count). The number of rotatable bonds is 2. The standard InChI is InChI=1S/C19H18FN3O4/c20-12-8-10-14(24)3-7-23(19(4-5-19)18(26)27)15(10)11-9-21-17(25)13-2-1-6-22(13)16(11)12/h3,7-8,13H,1-2,4-6,9H2,(H,21,25)(H,26,27). The lowest BCUT2D eigenvalue weighted by atomic mass is 10.0. The summed E-state index contributed by atoms with van der Waals surface area (Å²) < 4.78 is 16.7. The molecule has 0 radical (unpaired) electrons. The van der Waals surface area contributed by atoms with Crippen LogP contribution in [0.5, 0.6) is 0 Å². The zero-order valence-electron chi connectivity index (χ0n) is 14.5. The van der Waals surface area contributed by atoms with Crippen LogP contribution in [0.1, 0.15) is 31.2 Å². The van der Waals surface area contributed by atoms with E-state index in [-0.39, 0.29) is 23.3 Å². The van der Waals surface area contributed by atoms with E-state index in [1.165, 1.54) is 18.3 Å². The number of fused-ring (bicyclic) bond motifs is 5. The molecule has 3 heterocycles. The van der Waals surface area contributed by atoms with Gasteiger partial charge in [0.2, 0.25) is 5.91 Å². The number of halogens is 1. The van der Waals surface area contributed by atoms with Gasteiger partial charge in [-0.2, -0.15) is 0 Å². The summed E-state index contributed by atoms with van der Waals surface area (Å²) >= 11 is 0. The predicted molar refractivity (Wildman–Crippen MR) is 95.2 cm³/mol. The van der Waals surface area contributed by atoms with E-state index in [9.17, 15) is 19.5 Å². The Kier molecular flexibility index (Phi) is 3.20. The van der Waals surface area contributed by atoms with E-state index in [4.69, 9.17) is 0 Å². The zero-order chi connectivity index (χ0) is 18.9. The SMILES string of the molecule is O=C1NCc2c(c(F)cc3c(=O)ccn(C4(C(=O)O)CC4)c23)N2CCCC12. The summed E-state index contributed by atoms with van der Waals surface area (Å²) in [6, 6.07) is 2.04. The molecule has 2 fully saturated rings. The Balaban J connectivity index is 1.88. The molecule has 7 nitrogen and oxygen atoms in total. The quantitative estimate of drug-likeness (QED) is 0.831. The van der Waals surface area contributed by atoms with Crippen molar-refractivity contribution in [3.05, 3.63) is 39.9 Å². The molecular formula is C19H18FN3O4. The molecule has 27 heavy (non-hydrogen) atoms. The molecule has 1 atom stereocenters. The average Bonchev–Trinajstić information content (AvgIpc) is 3.33. The maximum atomic E-state index is 15.1. The second kappa shape index (κ2) is 5.31. The third-order valence-electron chi connectivity index (χ3n) is 6.07. The van der Waals surface area contributed by atoms with Gasteiger partial charge in [0.1, 0.15) is 17.4 Å². The molecule has 0 spiro atoms. The lowest BCUT2D eigenvalue weighted by molar-refractivity contribution is -0.142. The van der Waals surface area contributed by atoms with Crippen molar-refractivity contribution < 1.29 is 19.1 Å². The van der Waals surface area contributed by atoms with Gasteiger partial charge in [0.25, 0.3) is 0 Å². The van der Waals surface area contributed by atoms with Crippen molar-refractivity contribution in [2.24, 2.45) is 0 Å². The molecule has 8 heteroatoms. The highest BCUT2D eigenvalue weighted by Crippen LogP contribution is 2.47. The summed E-state index contributed by atoms with van der Waals surface area (Å²) in [6.45, 7) is 0.614. The molecule has 3 aliphatic rings. The lowest BCUT2D eigenvalue weighted by Crippen LogP contribution is -2.40. The van der Waals surface area contributed by atoms with E-state index in [1.54, 1.807) is 9.47 Å². The van der Waals surface area contributed by atoms with Gasteiger partial charge >= 0.3 is 5.97 Å². The number of amides is 1. The van der Waals surface area contributed by atoms with E-state index in [2.05, 4.69) is 5.32 Å². The highest BCUT2D eigenvalue weighted by molar-refractivity contribution is 5.95. The first kappa shape index (κ1) is 16.3. The number of hydrogen-bond donors (Lipinski definition) is 2. The first-order valence-electron chi connectivity index (χ1n) is 9.09. The van der Waals surface area contributed by atoms with Crippen molar-refractivity contribution >= 4 is 28.5 Å². The van der Waals surface area contributed by atoms with Gasteiger partial charge in [0, 0.05) is 36.3 Å². The fourth-order valence-corrected chi connectivity index (χ4v) is 4.56. The van der Waals surface area contributed by atoms with E-state index in [0.717, 1.165) is 6.42 Å². The number of nitrogens with one attached hydrogen (secondary N) is 1. The number of carbonyl (C=O) groups is 2. The van der Waals surface area contributed by atoms with Crippen LogP contribution in [0, 0.1) is 5.82 Å². The Morgan fingerprint density at radius 1 is 1.33 bits per heavy atom. The van der Waals surface area contributed by atoms with Crippen LogP contribution in [0.3, 0.4) is 0 Å². The van der Waals surface area contributed by atoms with Gasteiger partial charge < -0.3 is 19.9 Å². The summed E-state index contributed by atoms with van der Waals surface area (Å²) in [5, 5.41) is 12.7. The fourth-order valence-electron chi connectivity index (χ4n) is 4.56. The summed E-state index contributed by atoms with van der Waals surface area (Å²) in [6.07, 6.45) is 3.80. The first-order valence-corrected chi connectivity index (χ1v) is 9.09. The van der Waals surface area contributed by atoms with Crippen LogP contribution in [-0.4, -0.2) is 34.1 Å². The smallest absolute Gasteiger partial charge is 0.329 e. The van der Waals surface area contributed by atoms with Crippen molar-refractivity contribution in [2.45, 2.75) is 43.8 Å². The Morgan fingerprint density at radius 2 is 2.11 bits per heavy atom. The van der Waals surface area contributed by atoms with Crippen molar-refractivity contribution in [1.29, 1.82) is 0 Å². The minimum atomic E-state index is -1.11. The molecule has 1 aliphatic carbocycles. The Hall–Kier alpha value is -2.90. The minimum Gasteiger partial charge on any atom is -0.479 e. The Bertz CT molecular complexity index is 1070. The van der Waals surface area contributed by atoms with Gasteiger partial charge in [-0.05, 0) is 31.7 Å². The van der Waals surface area contributed by atoms with Crippen LogP contribution in [0.2, 0.25) is 0 Å². The number of anilines is 1. The van der Waals surface area contributed by atoms with Crippen molar-refractivity contribution in [1.82, 2.24) is 9.88 Å². The molecule has 2 N–H and O–H groups in total. The third-order valence-corrected chi connectivity index (χ3v) is 6.07. The molecule has 1 saturated heterocycles. The highest BCUT2D eigenvalue weighted by Gasteiger charge is 2.53. The number of benzene rings is 1. The average molecular weight is 371 g/mol. The molecule has 140 valence electrons. The third kappa shape index (κ3) is 2.09. The number of carboxylic acids is 1. The van der Waals surface area contributed by atoms with E-state index in [1.807, 2.05) is 0 Å². The predicted octanol–water partition coefficient (Wildman–Crippen LogP) is 1.31. The zero-order valence-corrected chi connectivity index (χ0v) is 14.5. The van der Waals surface area contributed by atoms with E-state index in [0.29, 0.717) is 42.6 Å². The Morgan fingerprint density at radius 3 is 2.81 bits per heavy atom. The largest absolute Gasteiger partial charge is 0.479 e. The van der Waals surface area contributed by atoms with Crippen molar-refractivity contribution in [2.75, 3.05) is 11.4 Å². The van der Waals surface area contributed by atoms with Gasteiger partial charge in [-0.1, -0.05) is 0 Å². The number of pyridine rings is 1. The number of aromatic nitrogens is 1. The minimum absolute atomic E-state index is 0.0641. The topological polar surface area (TPSA) is 91.6 Å². The molecular weight excluding hydrogens is 353 g/mol. The number of hydrogen-bond acceptors (Lipinski definition) is 4. The van der Waals surface area contributed by atoms with Crippen LogP contribution >= 0.6 is 0 Å². The monoisotopic (exact) mass is 371 g/mol. The molecule has 1 unspecified atom stereocenters. The molecule has 1 amide bonds. The number of aliphatic carboxylic acids is 1. The lowest BCUT2D eigenvalue weighted by Gasteiger charge is -2.27. The molecule has 2 aromatic rings. The fraction of sp³-hybridized carbons (Fsp3) is 0.421. The van der Waals surface area contributed by atoms with Crippen LogP contribution in [-0.2, 0) is 21.7 Å². The van der Waals surface area contributed by atoms with Gasteiger partial charge in [-0.3, -0.25) is 9.59 Å². The van der Waals surface area contributed by atoms with Crippen molar-refractivity contribution in [3.63, 3.8) is 0 Å². The second-order valence-corrected chi connectivity index (χ2v) is 7.54. The van der Waals surface area contributed by atoms with Gasteiger partial charge in [0.15, 0.2) is 5.43 Å². The van der Waals surface area contributed by atoms with Crippen LogP contribution < -0.4 is 15.6 Å².